The summed E-state index contributed by atoms with van der Waals surface area (Å²) in [6, 6.07) is 6.29. The summed E-state index contributed by atoms with van der Waals surface area (Å²) in [6.07, 6.45) is 3.74. The molecule has 1 aromatic heterocycles. The van der Waals surface area contributed by atoms with Crippen LogP contribution < -0.4 is 5.73 Å². The lowest BCUT2D eigenvalue weighted by atomic mass is 9.95. The molecule has 3 nitrogen and oxygen atoms in total. The van der Waals surface area contributed by atoms with Crippen LogP contribution in [-0.4, -0.2) is 16.1 Å². The summed E-state index contributed by atoms with van der Waals surface area (Å²) in [4.78, 5) is 4.83. The first-order chi connectivity index (χ1) is 8.70. The fraction of sp³-hybridized carbons (Fsp3) is 0.500. The first-order valence-electron chi connectivity index (χ1n) is 6.52. The van der Waals surface area contributed by atoms with Crippen molar-refractivity contribution in [1.29, 1.82) is 0 Å². The Labute approximate surface area is 116 Å². The van der Waals surface area contributed by atoms with Gasteiger partial charge in [0.1, 0.15) is 5.82 Å². The van der Waals surface area contributed by atoms with Crippen molar-refractivity contribution in [2.24, 2.45) is 18.7 Å². The molecule has 4 heteroatoms. The lowest BCUT2D eigenvalue weighted by Crippen LogP contribution is -2.19. The van der Waals surface area contributed by atoms with Crippen LogP contribution in [0.5, 0.6) is 0 Å². The third kappa shape index (κ3) is 1.88. The van der Waals surface area contributed by atoms with Crippen LogP contribution in [-0.2, 0) is 7.05 Å². The fourth-order valence-corrected chi connectivity index (χ4v) is 3.53. The molecule has 1 heterocycles. The molecule has 1 aliphatic rings. The van der Waals surface area contributed by atoms with Crippen LogP contribution in [0.15, 0.2) is 22.7 Å². The van der Waals surface area contributed by atoms with Crippen molar-refractivity contribution < 1.29 is 0 Å². The Morgan fingerprint density at radius 3 is 3.06 bits per heavy atom. The van der Waals surface area contributed by atoms with E-state index in [4.69, 9.17) is 10.7 Å². The largest absolute Gasteiger partial charge is 0.331 e. The highest BCUT2D eigenvalue weighted by Gasteiger charge is 2.30. The highest BCUT2D eigenvalue weighted by atomic mass is 79.9. The molecule has 0 aliphatic heterocycles. The Hall–Kier alpha value is -0.870. The molecule has 1 saturated carbocycles. The predicted molar refractivity (Wildman–Crippen MR) is 77.6 cm³/mol. The van der Waals surface area contributed by atoms with Crippen molar-refractivity contribution in [3.63, 3.8) is 0 Å². The van der Waals surface area contributed by atoms with Gasteiger partial charge in [0.25, 0.3) is 0 Å². The van der Waals surface area contributed by atoms with Crippen LogP contribution in [0.25, 0.3) is 11.0 Å². The smallest absolute Gasteiger partial charge is 0.113 e. The van der Waals surface area contributed by atoms with E-state index in [9.17, 15) is 0 Å². The van der Waals surface area contributed by atoms with Gasteiger partial charge in [-0.2, -0.15) is 0 Å². The van der Waals surface area contributed by atoms with Crippen molar-refractivity contribution in [3.05, 3.63) is 28.5 Å². The lowest BCUT2D eigenvalue weighted by Gasteiger charge is -2.17. The molecule has 2 N–H and O–H groups in total. The monoisotopic (exact) mass is 307 g/mol. The molecule has 96 valence electrons. The Morgan fingerprint density at radius 2 is 2.28 bits per heavy atom. The second-order valence-corrected chi connectivity index (χ2v) is 6.11. The minimum Gasteiger partial charge on any atom is -0.331 e. The van der Waals surface area contributed by atoms with Gasteiger partial charge in [0.2, 0.25) is 0 Å². The van der Waals surface area contributed by atoms with E-state index in [0.29, 0.717) is 11.8 Å². The zero-order chi connectivity index (χ0) is 12.7. The molecule has 1 aromatic carbocycles. The molecule has 1 aliphatic carbocycles. The Balaban J connectivity index is 2.09. The van der Waals surface area contributed by atoms with E-state index in [1.54, 1.807) is 0 Å². The Morgan fingerprint density at radius 1 is 1.44 bits per heavy atom. The number of aryl methyl sites for hydroxylation is 1. The molecular weight excluding hydrogens is 290 g/mol. The second kappa shape index (κ2) is 4.67. The summed E-state index contributed by atoms with van der Waals surface area (Å²) < 4.78 is 3.32. The SMILES string of the molecule is Cn1c(C2CCCC2CN)nc2cc(Br)ccc21. The highest BCUT2D eigenvalue weighted by molar-refractivity contribution is 9.10. The van der Waals surface area contributed by atoms with Gasteiger partial charge >= 0.3 is 0 Å². The Bertz CT molecular complexity index is 576. The summed E-state index contributed by atoms with van der Waals surface area (Å²) >= 11 is 3.51. The van der Waals surface area contributed by atoms with E-state index in [-0.39, 0.29) is 0 Å². The van der Waals surface area contributed by atoms with Crippen LogP contribution >= 0.6 is 15.9 Å². The maximum absolute atomic E-state index is 5.89. The normalized spacial score (nSPS) is 23.9. The van der Waals surface area contributed by atoms with Gasteiger partial charge in [-0.25, -0.2) is 4.98 Å². The molecule has 0 bridgehead atoms. The number of hydrogen-bond acceptors (Lipinski definition) is 2. The zero-order valence-corrected chi connectivity index (χ0v) is 12.2. The fourth-order valence-electron chi connectivity index (χ4n) is 3.18. The minimum atomic E-state index is 0.533. The van der Waals surface area contributed by atoms with E-state index in [1.807, 2.05) is 0 Å². The van der Waals surface area contributed by atoms with E-state index in [2.05, 4.69) is 45.7 Å². The van der Waals surface area contributed by atoms with Crippen molar-refractivity contribution >= 4 is 27.0 Å². The van der Waals surface area contributed by atoms with Gasteiger partial charge in [0.05, 0.1) is 11.0 Å². The number of nitrogens with two attached hydrogens (primary N) is 1. The summed E-state index contributed by atoms with van der Waals surface area (Å²) in [7, 11) is 2.12. The number of benzene rings is 1. The maximum atomic E-state index is 5.89. The molecule has 2 unspecified atom stereocenters. The second-order valence-electron chi connectivity index (χ2n) is 5.20. The molecular formula is C14H18BrN3. The topological polar surface area (TPSA) is 43.8 Å². The average Bonchev–Trinajstić information content (AvgIpc) is 2.93. The van der Waals surface area contributed by atoms with Gasteiger partial charge in [0.15, 0.2) is 0 Å². The van der Waals surface area contributed by atoms with Crippen LogP contribution in [0.1, 0.15) is 31.0 Å². The van der Waals surface area contributed by atoms with E-state index < -0.39 is 0 Å². The molecule has 3 rings (SSSR count). The summed E-state index contributed by atoms with van der Waals surface area (Å²) in [5.41, 5.74) is 8.16. The van der Waals surface area contributed by atoms with Gasteiger partial charge in [-0.3, -0.25) is 0 Å². The van der Waals surface area contributed by atoms with Crippen LogP contribution in [0.2, 0.25) is 0 Å². The van der Waals surface area contributed by atoms with Gasteiger partial charge < -0.3 is 10.3 Å². The quantitative estimate of drug-likeness (QED) is 0.926. The van der Waals surface area contributed by atoms with E-state index in [0.717, 1.165) is 16.5 Å². The molecule has 0 spiro atoms. The predicted octanol–water partition coefficient (Wildman–Crippen LogP) is 3.18. The van der Waals surface area contributed by atoms with Crippen molar-refractivity contribution in [3.8, 4) is 0 Å². The van der Waals surface area contributed by atoms with E-state index in [1.165, 1.54) is 30.6 Å². The maximum Gasteiger partial charge on any atom is 0.113 e. The number of nitrogens with zero attached hydrogens (tertiary/aromatic N) is 2. The average molecular weight is 308 g/mol. The molecule has 0 radical (unpaired) electrons. The number of halogens is 1. The first-order valence-corrected chi connectivity index (χ1v) is 7.32. The molecule has 0 saturated heterocycles. The summed E-state index contributed by atoms with van der Waals surface area (Å²) in [6.45, 7) is 0.775. The van der Waals surface area contributed by atoms with E-state index >= 15 is 0 Å². The van der Waals surface area contributed by atoms with Crippen molar-refractivity contribution in [2.75, 3.05) is 6.54 Å². The number of aromatic nitrogens is 2. The summed E-state index contributed by atoms with van der Waals surface area (Å²) in [5, 5.41) is 0. The molecule has 1 fully saturated rings. The lowest BCUT2D eigenvalue weighted by molar-refractivity contribution is 0.469. The number of fused-ring (bicyclic) bond motifs is 1. The highest BCUT2D eigenvalue weighted by Crippen LogP contribution is 2.39. The van der Waals surface area contributed by atoms with Crippen LogP contribution in [0, 0.1) is 5.92 Å². The third-order valence-electron chi connectivity index (χ3n) is 4.17. The molecule has 2 atom stereocenters. The molecule has 2 aromatic rings. The van der Waals surface area contributed by atoms with Crippen LogP contribution in [0.3, 0.4) is 0 Å². The van der Waals surface area contributed by atoms with Gasteiger partial charge in [0, 0.05) is 17.4 Å². The Kier molecular flexibility index (Phi) is 3.16. The number of rotatable bonds is 2. The first kappa shape index (κ1) is 12.2. The van der Waals surface area contributed by atoms with Gasteiger partial charge in [-0.15, -0.1) is 0 Å². The van der Waals surface area contributed by atoms with Gasteiger partial charge in [-0.1, -0.05) is 22.4 Å². The number of imidazole rings is 1. The summed E-state index contributed by atoms with van der Waals surface area (Å²) in [5.74, 6) is 2.34. The number of hydrogen-bond donors (Lipinski definition) is 1. The van der Waals surface area contributed by atoms with Crippen LogP contribution in [0.4, 0.5) is 0 Å². The zero-order valence-electron chi connectivity index (χ0n) is 10.6. The minimum absolute atomic E-state index is 0.533. The van der Waals surface area contributed by atoms with Crippen molar-refractivity contribution in [2.45, 2.75) is 25.2 Å². The third-order valence-corrected chi connectivity index (χ3v) is 4.66. The standard InChI is InChI=1S/C14H18BrN3/c1-18-13-6-5-10(15)7-12(13)17-14(18)11-4-2-3-9(11)8-16/h5-7,9,11H,2-4,8,16H2,1H3. The van der Waals surface area contributed by atoms with Crippen molar-refractivity contribution in [1.82, 2.24) is 9.55 Å². The molecule has 0 amide bonds. The molecule has 18 heavy (non-hydrogen) atoms. The van der Waals surface area contributed by atoms with Gasteiger partial charge in [-0.05, 0) is 43.5 Å².